The molecule has 1 aromatic carbocycles. The molecular weight excluding hydrogens is 330 g/mol. The lowest BCUT2D eigenvalue weighted by atomic mass is 10.2. The molecule has 1 aliphatic rings. The van der Waals surface area contributed by atoms with Crippen LogP contribution in [0.25, 0.3) is 0 Å². The number of nitrogens with zero attached hydrogens (tertiary/aromatic N) is 2. The van der Waals surface area contributed by atoms with E-state index < -0.39 is 10.0 Å². The van der Waals surface area contributed by atoms with Crippen molar-refractivity contribution < 1.29 is 17.7 Å². The van der Waals surface area contributed by atoms with Crippen molar-refractivity contribution in [3.8, 4) is 0 Å². The maximum absolute atomic E-state index is 12.2. The van der Waals surface area contributed by atoms with Crippen LogP contribution in [0.15, 0.2) is 28.8 Å². The fourth-order valence-electron chi connectivity index (χ4n) is 2.77. The first-order chi connectivity index (χ1) is 11.4. The van der Waals surface area contributed by atoms with Crippen molar-refractivity contribution in [3.63, 3.8) is 0 Å². The van der Waals surface area contributed by atoms with Gasteiger partial charge in [0.1, 0.15) is 6.10 Å². The zero-order chi connectivity index (χ0) is 17.2. The number of hydrogen-bond donors (Lipinski definition) is 1. The van der Waals surface area contributed by atoms with Crippen LogP contribution in [-0.2, 0) is 20.5 Å². The van der Waals surface area contributed by atoms with E-state index in [9.17, 15) is 8.42 Å². The molecule has 1 saturated heterocycles. The summed E-state index contributed by atoms with van der Waals surface area (Å²) in [6.07, 6.45) is 1.05. The molecule has 7 nitrogen and oxygen atoms in total. The van der Waals surface area contributed by atoms with Gasteiger partial charge in [-0.15, -0.1) is 0 Å². The van der Waals surface area contributed by atoms with Gasteiger partial charge in [0.05, 0.1) is 11.9 Å². The van der Waals surface area contributed by atoms with Crippen molar-refractivity contribution >= 4 is 10.0 Å². The molecule has 8 heteroatoms. The van der Waals surface area contributed by atoms with Crippen molar-refractivity contribution in [3.05, 3.63) is 47.1 Å². The summed E-state index contributed by atoms with van der Waals surface area (Å²) in [5.74, 6) is 0.988. The van der Waals surface area contributed by atoms with E-state index in [1.54, 1.807) is 6.92 Å². The Morgan fingerprint density at radius 3 is 2.83 bits per heavy atom. The third-order valence-corrected chi connectivity index (χ3v) is 5.22. The van der Waals surface area contributed by atoms with Crippen molar-refractivity contribution in [1.29, 1.82) is 0 Å². The van der Waals surface area contributed by atoms with Crippen LogP contribution >= 0.6 is 0 Å². The lowest BCUT2D eigenvalue weighted by Crippen LogP contribution is -2.32. The predicted octanol–water partition coefficient (Wildman–Crippen LogP) is 2.03. The lowest BCUT2D eigenvalue weighted by molar-refractivity contribution is 0.0290. The van der Waals surface area contributed by atoms with E-state index in [0.717, 1.165) is 24.0 Å². The van der Waals surface area contributed by atoms with Gasteiger partial charge in [-0.25, -0.2) is 13.1 Å². The smallest absolute Gasteiger partial charge is 0.255 e. The minimum atomic E-state index is -3.40. The predicted molar refractivity (Wildman–Crippen MR) is 87.7 cm³/mol. The molecular formula is C16H21N3O4S. The molecule has 1 aliphatic heterocycles. The van der Waals surface area contributed by atoms with Crippen LogP contribution in [0.3, 0.4) is 0 Å². The summed E-state index contributed by atoms with van der Waals surface area (Å²) in [6, 6.07) is 7.48. The molecule has 0 radical (unpaired) electrons. The molecule has 0 amide bonds. The van der Waals surface area contributed by atoms with Gasteiger partial charge >= 0.3 is 0 Å². The molecule has 1 aromatic heterocycles. The first-order valence-corrected chi connectivity index (χ1v) is 9.55. The summed E-state index contributed by atoms with van der Waals surface area (Å²) in [6.45, 7) is 3.94. The number of rotatable bonds is 6. The number of benzene rings is 1. The van der Waals surface area contributed by atoms with E-state index in [2.05, 4.69) is 14.9 Å². The molecule has 1 N–H and O–H groups in total. The summed E-state index contributed by atoms with van der Waals surface area (Å²) >= 11 is 0. The standard InChI is InChI=1S/C16H21N3O4S/c1-11-4-3-5-13(8-11)10-24(20,21)17-9-14-6-7-15(22-14)16-18-12(2)19-23-16/h3-5,8,14-15,17H,6-7,9-10H2,1-2H3/t14-,15+/m1/s1. The van der Waals surface area contributed by atoms with Gasteiger partial charge < -0.3 is 9.26 Å². The number of aromatic nitrogens is 2. The van der Waals surface area contributed by atoms with Gasteiger partial charge in [-0.05, 0) is 32.3 Å². The van der Waals surface area contributed by atoms with Crippen LogP contribution in [0.2, 0.25) is 0 Å². The Hall–Kier alpha value is -1.77. The van der Waals surface area contributed by atoms with Gasteiger partial charge in [0, 0.05) is 6.54 Å². The lowest BCUT2D eigenvalue weighted by Gasteiger charge is -2.13. The minimum absolute atomic E-state index is 0.0340. The molecule has 2 atom stereocenters. The van der Waals surface area contributed by atoms with Crippen LogP contribution in [0.4, 0.5) is 0 Å². The molecule has 0 aliphatic carbocycles. The maximum Gasteiger partial charge on any atom is 0.255 e. The monoisotopic (exact) mass is 351 g/mol. The van der Waals surface area contributed by atoms with E-state index in [-0.39, 0.29) is 24.5 Å². The van der Waals surface area contributed by atoms with Crippen molar-refractivity contribution in [2.24, 2.45) is 0 Å². The van der Waals surface area contributed by atoms with Gasteiger partial charge in [0.15, 0.2) is 5.82 Å². The fourth-order valence-corrected chi connectivity index (χ4v) is 3.93. The number of ether oxygens (including phenoxy) is 1. The van der Waals surface area contributed by atoms with Gasteiger partial charge in [0.25, 0.3) is 5.89 Å². The highest BCUT2D eigenvalue weighted by Crippen LogP contribution is 2.31. The molecule has 0 spiro atoms. The third kappa shape index (κ3) is 4.40. The first-order valence-electron chi connectivity index (χ1n) is 7.90. The molecule has 3 rings (SSSR count). The Morgan fingerprint density at radius 1 is 1.29 bits per heavy atom. The van der Waals surface area contributed by atoms with Crippen molar-refractivity contribution in [2.45, 2.75) is 44.6 Å². The fraction of sp³-hybridized carbons (Fsp3) is 0.500. The Bertz CT molecular complexity index is 803. The Morgan fingerprint density at radius 2 is 2.12 bits per heavy atom. The molecule has 2 heterocycles. The number of hydrogen-bond acceptors (Lipinski definition) is 6. The van der Waals surface area contributed by atoms with E-state index in [4.69, 9.17) is 9.26 Å². The zero-order valence-corrected chi connectivity index (χ0v) is 14.5. The summed E-state index contributed by atoms with van der Waals surface area (Å²) in [7, 11) is -3.40. The molecule has 1 fully saturated rings. The first kappa shape index (κ1) is 17.1. The largest absolute Gasteiger partial charge is 0.364 e. The van der Waals surface area contributed by atoms with Crippen LogP contribution in [-0.4, -0.2) is 31.2 Å². The molecule has 0 bridgehead atoms. The van der Waals surface area contributed by atoms with Crippen molar-refractivity contribution in [1.82, 2.24) is 14.9 Å². The van der Waals surface area contributed by atoms with E-state index >= 15 is 0 Å². The van der Waals surface area contributed by atoms with Crippen LogP contribution in [0, 0.1) is 13.8 Å². The number of sulfonamides is 1. The summed E-state index contributed by atoms with van der Waals surface area (Å²) < 4.78 is 38.0. The molecule has 130 valence electrons. The average Bonchev–Trinajstić information content (AvgIpc) is 3.13. The second kappa shape index (κ2) is 7.00. The zero-order valence-electron chi connectivity index (χ0n) is 13.7. The second-order valence-electron chi connectivity index (χ2n) is 6.10. The van der Waals surface area contributed by atoms with Gasteiger partial charge in [-0.2, -0.15) is 4.98 Å². The average molecular weight is 351 g/mol. The summed E-state index contributed by atoms with van der Waals surface area (Å²) in [5, 5.41) is 3.75. The number of aryl methyl sites for hydroxylation is 2. The van der Waals surface area contributed by atoms with E-state index in [0.29, 0.717) is 11.7 Å². The Kier molecular flexibility index (Phi) is 4.98. The normalized spacial score (nSPS) is 21.2. The van der Waals surface area contributed by atoms with Gasteiger partial charge in [0.2, 0.25) is 10.0 Å². The van der Waals surface area contributed by atoms with Crippen LogP contribution in [0.5, 0.6) is 0 Å². The van der Waals surface area contributed by atoms with E-state index in [1.807, 2.05) is 31.2 Å². The van der Waals surface area contributed by atoms with Crippen LogP contribution in [0.1, 0.15) is 41.8 Å². The second-order valence-corrected chi connectivity index (χ2v) is 7.91. The number of nitrogens with one attached hydrogen (secondary N) is 1. The van der Waals surface area contributed by atoms with Crippen molar-refractivity contribution in [2.75, 3.05) is 6.54 Å². The highest BCUT2D eigenvalue weighted by Gasteiger charge is 2.31. The van der Waals surface area contributed by atoms with Crippen LogP contribution < -0.4 is 4.72 Å². The topological polar surface area (TPSA) is 94.3 Å². The van der Waals surface area contributed by atoms with Gasteiger partial charge in [-0.3, -0.25) is 0 Å². The highest BCUT2D eigenvalue weighted by molar-refractivity contribution is 7.88. The highest BCUT2D eigenvalue weighted by atomic mass is 32.2. The minimum Gasteiger partial charge on any atom is -0.364 e. The summed E-state index contributed by atoms with van der Waals surface area (Å²) in [5.41, 5.74) is 1.81. The Balaban J connectivity index is 1.52. The molecule has 24 heavy (non-hydrogen) atoms. The quantitative estimate of drug-likeness (QED) is 0.856. The van der Waals surface area contributed by atoms with Gasteiger partial charge in [-0.1, -0.05) is 35.0 Å². The molecule has 0 saturated carbocycles. The molecule has 2 aromatic rings. The maximum atomic E-state index is 12.2. The third-order valence-electron chi connectivity index (χ3n) is 3.90. The Labute approximate surface area is 141 Å². The van der Waals surface area contributed by atoms with E-state index in [1.165, 1.54) is 0 Å². The summed E-state index contributed by atoms with van der Waals surface area (Å²) in [4.78, 5) is 4.16. The SMILES string of the molecule is Cc1cccc(CS(=O)(=O)NC[C@H]2CC[C@@H](c3nc(C)no3)O2)c1. The molecule has 0 unspecified atom stereocenters.